The second-order valence-electron chi connectivity index (χ2n) is 6.87. The molecular weight excluding hydrogens is 435 g/mol. The zero-order valence-corrected chi connectivity index (χ0v) is 18.4. The summed E-state index contributed by atoms with van der Waals surface area (Å²) in [6.45, 7) is 3.85. The van der Waals surface area contributed by atoms with E-state index >= 15 is 0 Å². The highest BCUT2D eigenvalue weighted by Crippen LogP contribution is 2.39. The van der Waals surface area contributed by atoms with Crippen LogP contribution in [0.15, 0.2) is 82.6 Å². The Labute approximate surface area is 188 Å². The molecule has 3 aromatic carbocycles. The maximum atomic E-state index is 14.3. The minimum Gasteiger partial charge on any atom is -0.402 e. The molecule has 0 atom stereocenters. The molecule has 4 aromatic rings. The minimum atomic E-state index is -0.883. The number of esters is 1. The predicted octanol–water partition coefficient (Wildman–Crippen LogP) is 6.65. The first kappa shape index (κ1) is 21.2. The minimum absolute atomic E-state index is 0.0137. The van der Waals surface area contributed by atoms with Gasteiger partial charge in [-0.1, -0.05) is 65.3 Å². The van der Waals surface area contributed by atoms with Crippen molar-refractivity contribution in [2.45, 2.75) is 23.6 Å². The number of nitrogens with zero attached hydrogens (tertiary/aromatic N) is 2. The smallest absolute Gasteiger partial charge is 0.349 e. The van der Waals surface area contributed by atoms with Crippen LogP contribution < -0.4 is 4.74 Å². The number of benzene rings is 3. The summed E-state index contributed by atoms with van der Waals surface area (Å²) in [5.41, 5.74) is 2.22. The van der Waals surface area contributed by atoms with Crippen molar-refractivity contribution in [2.75, 3.05) is 0 Å². The maximum absolute atomic E-state index is 14.3. The van der Waals surface area contributed by atoms with Crippen molar-refractivity contribution in [1.82, 2.24) is 9.78 Å². The van der Waals surface area contributed by atoms with E-state index in [1.165, 1.54) is 30.0 Å². The Morgan fingerprint density at radius 2 is 1.71 bits per heavy atom. The fourth-order valence-corrected chi connectivity index (χ4v) is 4.15. The average Bonchev–Trinajstić information content (AvgIpc) is 3.05. The van der Waals surface area contributed by atoms with E-state index in [0.29, 0.717) is 16.3 Å². The summed E-state index contributed by atoms with van der Waals surface area (Å²) in [6, 6.07) is 21.3. The van der Waals surface area contributed by atoms with Gasteiger partial charge in [-0.3, -0.25) is 0 Å². The van der Waals surface area contributed by atoms with Gasteiger partial charge in [0, 0.05) is 4.90 Å². The lowest BCUT2D eigenvalue weighted by Gasteiger charge is -2.11. The van der Waals surface area contributed by atoms with Gasteiger partial charge in [0.25, 0.3) is 0 Å². The molecule has 0 aliphatic carbocycles. The highest BCUT2D eigenvalue weighted by Gasteiger charge is 2.25. The van der Waals surface area contributed by atoms with Crippen molar-refractivity contribution in [2.24, 2.45) is 0 Å². The van der Waals surface area contributed by atoms with Gasteiger partial charge < -0.3 is 4.74 Å². The summed E-state index contributed by atoms with van der Waals surface area (Å²) in [7, 11) is 0. The van der Waals surface area contributed by atoms with Crippen molar-refractivity contribution in [3.8, 4) is 11.6 Å². The van der Waals surface area contributed by atoms with Crippen molar-refractivity contribution in [3.63, 3.8) is 0 Å². The number of rotatable bonds is 5. The molecule has 0 unspecified atom stereocenters. The van der Waals surface area contributed by atoms with Crippen molar-refractivity contribution < 1.29 is 13.9 Å². The number of halogens is 2. The standard InChI is InChI=1S/C24H18ClFN2O2S/c1-15-11-13-18(14-12-15)31-22-16(2)27-28(17-7-4-3-5-8-17)23(22)30-24(29)21-19(25)9-6-10-20(21)26/h3-14H,1-2H3. The van der Waals surface area contributed by atoms with Crippen LogP contribution in [0.25, 0.3) is 5.69 Å². The van der Waals surface area contributed by atoms with E-state index in [-0.39, 0.29) is 16.5 Å². The summed E-state index contributed by atoms with van der Waals surface area (Å²) in [6.07, 6.45) is 0. The summed E-state index contributed by atoms with van der Waals surface area (Å²) in [4.78, 5) is 14.5. The van der Waals surface area contributed by atoms with E-state index in [4.69, 9.17) is 16.3 Å². The van der Waals surface area contributed by atoms with E-state index in [2.05, 4.69) is 5.10 Å². The van der Waals surface area contributed by atoms with E-state index in [0.717, 1.165) is 10.5 Å². The highest BCUT2D eigenvalue weighted by molar-refractivity contribution is 7.99. The molecular formula is C24H18ClFN2O2S. The molecule has 0 spiro atoms. The molecule has 156 valence electrons. The Morgan fingerprint density at radius 1 is 1.00 bits per heavy atom. The largest absolute Gasteiger partial charge is 0.402 e. The van der Waals surface area contributed by atoms with Crippen LogP contribution in [0, 0.1) is 19.7 Å². The lowest BCUT2D eigenvalue weighted by Crippen LogP contribution is -2.14. The maximum Gasteiger partial charge on any atom is 0.349 e. The van der Waals surface area contributed by atoms with Gasteiger partial charge in [0.15, 0.2) is 0 Å². The van der Waals surface area contributed by atoms with E-state index in [1.54, 1.807) is 4.68 Å². The first-order valence-electron chi connectivity index (χ1n) is 9.50. The number of para-hydroxylation sites is 1. The number of carbonyl (C=O) groups excluding carboxylic acids is 1. The van der Waals surface area contributed by atoms with E-state index in [1.807, 2.05) is 68.4 Å². The van der Waals surface area contributed by atoms with Crippen molar-refractivity contribution in [1.29, 1.82) is 0 Å². The van der Waals surface area contributed by atoms with Crippen LogP contribution in [0.2, 0.25) is 5.02 Å². The first-order chi connectivity index (χ1) is 14.9. The van der Waals surface area contributed by atoms with Gasteiger partial charge >= 0.3 is 5.97 Å². The highest BCUT2D eigenvalue weighted by atomic mass is 35.5. The molecule has 0 aliphatic heterocycles. The predicted molar refractivity (Wildman–Crippen MR) is 120 cm³/mol. The Morgan fingerprint density at radius 3 is 2.39 bits per heavy atom. The molecule has 31 heavy (non-hydrogen) atoms. The zero-order valence-electron chi connectivity index (χ0n) is 16.8. The molecule has 1 heterocycles. The normalized spacial score (nSPS) is 10.8. The van der Waals surface area contributed by atoms with Crippen LogP contribution in [0.4, 0.5) is 4.39 Å². The topological polar surface area (TPSA) is 44.1 Å². The van der Waals surface area contributed by atoms with Gasteiger partial charge in [0.1, 0.15) is 11.4 Å². The molecule has 1 aromatic heterocycles. The monoisotopic (exact) mass is 452 g/mol. The summed E-state index contributed by atoms with van der Waals surface area (Å²) in [5.74, 6) is -1.42. The molecule has 0 radical (unpaired) electrons. The zero-order chi connectivity index (χ0) is 22.0. The van der Waals surface area contributed by atoms with Gasteiger partial charge in [-0.05, 0) is 50.2 Å². The van der Waals surface area contributed by atoms with Crippen LogP contribution in [-0.2, 0) is 0 Å². The van der Waals surface area contributed by atoms with Gasteiger partial charge in [-0.15, -0.1) is 0 Å². The van der Waals surface area contributed by atoms with Crippen LogP contribution in [0.1, 0.15) is 21.6 Å². The van der Waals surface area contributed by atoms with Gasteiger partial charge in [-0.25, -0.2) is 9.18 Å². The van der Waals surface area contributed by atoms with E-state index < -0.39 is 11.8 Å². The van der Waals surface area contributed by atoms with Crippen molar-refractivity contribution in [3.05, 3.63) is 100 Å². The molecule has 0 saturated carbocycles. The van der Waals surface area contributed by atoms with Crippen LogP contribution in [0.3, 0.4) is 0 Å². The Balaban J connectivity index is 1.79. The first-order valence-corrected chi connectivity index (χ1v) is 10.7. The van der Waals surface area contributed by atoms with Gasteiger partial charge in [0.2, 0.25) is 5.88 Å². The number of hydrogen-bond donors (Lipinski definition) is 0. The second-order valence-corrected chi connectivity index (χ2v) is 8.36. The number of hydrogen-bond acceptors (Lipinski definition) is 4. The van der Waals surface area contributed by atoms with E-state index in [9.17, 15) is 9.18 Å². The van der Waals surface area contributed by atoms with Crippen LogP contribution in [-0.4, -0.2) is 15.7 Å². The molecule has 0 amide bonds. The fourth-order valence-electron chi connectivity index (χ4n) is 3.00. The summed E-state index contributed by atoms with van der Waals surface area (Å²) < 4.78 is 21.6. The number of aromatic nitrogens is 2. The third-order valence-electron chi connectivity index (χ3n) is 4.56. The van der Waals surface area contributed by atoms with Crippen LogP contribution >= 0.6 is 23.4 Å². The number of carbonyl (C=O) groups is 1. The molecule has 0 aliphatic rings. The second kappa shape index (κ2) is 8.96. The third kappa shape index (κ3) is 4.50. The number of aryl methyl sites for hydroxylation is 2. The molecule has 4 nitrogen and oxygen atoms in total. The summed E-state index contributed by atoms with van der Waals surface area (Å²) in [5, 5.41) is 4.56. The van der Waals surface area contributed by atoms with Crippen molar-refractivity contribution >= 4 is 29.3 Å². The quantitative estimate of drug-likeness (QED) is 0.318. The Kier molecular flexibility index (Phi) is 6.11. The lowest BCUT2D eigenvalue weighted by atomic mass is 10.2. The Hall–Kier alpha value is -3.09. The number of ether oxygens (including phenoxy) is 1. The molecule has 0 saturated heterocycles. The van der Waals surface area contributed by atoms with Crippen LogP contribution in [0.5, 0.6) is 5.88 Å². The molecule has 0 fully saturated rings. The van der Waals surface area contributed by atoms with Gasteiger partial charge in [0.05, 0.1) is 21.3 Å². The SMILES string of the molecule is Cc1ccc(Sc2c(C)nn(-c3ccccc3)c2OC(=O)c2c(F)cccc2Cl)cc1. The molecule has 4 rings (SSSR count). The molecule has 0 bridgehead atoms. The Bertz CT molecular complexity index is 1220. The lowest BCUT2D eigenvalue weighted by molar-refractivity contribution is 0.0713. The summed E-state index contributed by atoms with van der Waals surface area (Å²) >= 11 is 7.49. The third-order valence-corrected chi connectivity index (χ3v) is 6.06. The average molecular weight is 453 g/mol. The molecule has 7 heteroatoms. The van der Waals surface area contributed by atoms with Gasteiger partial charge in [-0.2, -0.15) is 9.78 Å². The molecule has 0 N–H and O–H groups in total. The fraction of sp³-hybridized carbons (Fsp3) is 0.0833.